The number of anilines is 2. The van der Waals surface area contributed by atoms with Crippen LogP contribution in [-0.2, 0) is 9.59 Å². The summed E-state index contributed by atoms with van der Waals surface area (Å²) in [6.07, 6.45) is 1.77. The molecular formula is C18H16BrN3O2. The molecular weight excluding hydrogens is 370 g/mol. The number of carbonyl (C=O) groups excluding carboxylic acids is 2. The molecule has 0 bridgehead atoms. The van der Waals surface area contributed by atoms with Crippen LogP contribution >= 0.6 is 15.9 Å². The minimum absolute atomic E-state index is 0.112. The summed E-state index contributed by atoms with van der Waals surface area (Å²) in [7, 11) is 0. The largest absolute Gasteiger partial charge is 0.321 e. The first-order valence-corrected chi connectivity index (χ1v) is 8.25. The lowest BCUT2D eigenvalue weighted by molar-refractivity contribution is -0.119. The van der Waals surface area contributed by atoms with Gasteiger partial charge in [0.15, 0.2) is 0 Å². The first-order chi connectivity index (χ1) is 11.5. The fraction of sp³-hybridized carbons (Fsp3) is 0.111. The molecule has 2 aromatic rings. The summed E-state index contributed by atoms with van der Waals surface area (Å²) >= 11 is 3.35. The minimum atomic E-state index is -0.290. The predicted molar refractivity (Wildman–Crippen MR) is 97.3 cm³/mol. The van der Waals surface area contributed by atoms with Gasteiger partial charge in [0.25, 0.3) is 5.91 Å². The van der Waals surface area contributed by atoms with Crippen molar-refractivity contribution in [3.8, 4) is 0 Å². The average molecular weight is 386 g/mol. The number of rotatable bonds is 3. The number of aryl methyl sites for hydroxylation is 1. The van der Waals surface area contributed by atoms with Gasteiger partial charge in [-0.3, -0.25) is 15.0 Å². The average Bonchev–Trinajstić information content (AvgIpc) is 2.58. The van der Waals surface area contributed by atoms with Gasteiger partial charge in [-0.05, 0) is 49.4 Å². The van der Waals surface area contributed by atoms with Crippen molar-refractivity contribution in [1.29, 1.82) is 0 Å². The van der Waals surface area contributed by atoms with Crippen molar-refractivity contribution >= 4 is 39.1 Å². The minimum Gasteiger partial charge on any atom is -0.321 e. The highest BCUT2D eigenvalue weighted by Gasteiger charge is 2.24. The van der Waals surface area contributed by atoms with Gasteiger partial charge in [-0.25, -0.2) is 5.01 Å². The number of hydrogen-bond donors (Lipinski definition) is 2. The highest BCUT2D eigenvalue weighted by atomic mass is 79.9. The van der Waals surface area contributed by atoms with Crippen LogP contribution in [0.15, 0.2) is 64.8 Å². The zero-order valence-electron chi connectivity index (χ0n) is 13.0. The maximum Gasteiger partial charge on any atom is 0.273 e. The Labute approximate surface area is 148 Å². The van der Waals surface area contributed by atoms with Crippen LogP contribution in [-0.4, -0.2) is 11.8 Å². The Morgan fingerprint density at radius 1 is 1.12 bits per heavy atom. The quantitative estimate of drug-likeness (QED) is 0.849. The second kappa shape index (κ2) is 6.88. The molecule has 0 unspecified atom stereocenters. The van der Waals surface area contributed by atoms with Gasteiger partial charge < -0.3 is 5.32 Å². The van der Waals surface area contributed by atoms with Crippen LogP contribution in [0.4, 0.5) is 11.4 Å². The van der Waals surface area contributed by atoms with Gasteiger partial charge >= 0.3 is 0 Å². The van der Waals surface area contributed by atoms with Gasteiger partial charge in [0, 0.05) is 16.6 Å². The van der Waals surface area contributed by atoms with Gasteiger partial charge in [0.2, 0.25) is 5.91 Å². The molecule has 1 heterocycles. The molecule has 0 saturated heterocycles. The van der Waals surface area contributed by atoms with Crippen LogP contribution in [0.2, 0.25) is 0 Å². The van der Waals surface area contributed by atoms with E-state index in [4.69, 9.17) is 0 Å². The second-order valence-electron chi connectivity index (χ2n) is 5.46. The van der Waals surface area contributed by atoms with Crippen LogP contribution in [0.25, 0.3) is 0 Å². The smallest absolute Gasteiger partial charge is 0.273 e. The molecule has 6 heteroatoms. The van der Waals surface area contributed by atoms with E-state index in [2.05, 4.69) is 26.7 Å². The molecule has 5 nitrogen and oxygen atoms in total. The van der Waals surface area contributed by atoms with E-state index in [1.807, 2.05) is 43.3 Å². The SMILES string of the molecule is Cc1ccc(N2NC(C(=O)Nc3ccc(Br)cc3)=CCC2=O)cc1. The molecule has 0 fully saturated rings. The van der Waals surface area contributed by atoms with E-state index in [0.717, 1.165) is 10.0 Å². The fourth-order valence-corrected chi connectivity index (χ4v) is 2.55. The van der Waals surface area contributed by atoms with Crippen molar-refractivity contribution in [3.63, 3.8) is 0 Å². The first-order valence-electron chi connectivity index (χ1n) is 7.46. The van der Waals surface area contributed by atoms with E-state index in [1.54, 1.807) is 18.2 Å². The molecule has 0 radical (unpaired) electrons. The van der Waals surface area contributed by atoms with Crippen LogP contribution < -0.4 is 15.8 Å². The maximum atomic E-state index is 12.4. The van der Waals surface area contributed by atoms with Crippen molar-refractivity contribution in [2.24, 2.45) is 0 Å². The van der Waals surface area contributed by atoms with E-state index < -0.39 is 0 Å². The monoisotopic (exact) mass is 385 g/mol. The molecule has 2 amide bonds. The lowest BCUT2D eigenvalue weighted by atomic mass is 10.2. The number of hydrogen-bond acceptors (Lipinski definition) is 3. The number of nitrogens with zero attached hydrogens (tertiary/aromatic N) is 1. The van der Waals surface area contributed by atoms with Crippen molar-refractivity contribution in [2.75, 3.05) is 10.3 Å². The molecule has 1 aliphatic rings. The topological polar surface area (TPSA) is 61.4 Å². The molecule has 0 saturated carbocycles. The molecule has 2 N–H and O–H groups in total. The van der Waals surface area contributed by atoms with E-state index in [-0.39, 0.29) is 18.2 Å². The summed E-state index contributed by atoms with van der Waals surface area (Å²) in [6, 6.07) is 14.8. The Kier molecular flexibility index (Phi) is 4.66. The summed E-state index contributed by atoms with van der Waals surface area (Å²) < 4.78 is 0.937. The third-order valence-electron chi connectivity index (χ3n) is 3.60. The Morgan fingerprint density at radius 2 is 1.79 bits per heavy atom. The number of halogens is 1. The first kappa shape index (κ1) is 16.3. The molecule has 0 aliphatic carbocycles. The Bertz CT molecular complexity index is 798. The summed E-state index contributed by atoms with van der Waals surface area (Å²) in [4.78, 5) is 24.5. The van der Waals surface area contributed by atoms with Gasteiger partial charge in [0.05, 0.1) is 5.69 Å². The fourth-order valence-electron chi connectivity index (χ4n) is 2.29. The standard InChI is InChI=1S/C18H16BrN3O2/c1-12-2-8-15(9-3-12)22-17(23)11-10-16(21-22)18(24)20-14-6-4-13(19)5-7-14/h2-10,21H,11H2,1H3,(H,20,24). The predicted octanol–water partition coefficient (Wildman–Crippen LogP) is 3.52. The number of amides is 2. The highest BCUT2D eigenvalue weighted by Crippen LogP contribution is 2.19. The maximum absolute atomic E-state index is 12.4. The van der Waals surface area contributed by atoms with Gasteiger partial charge in [-0.2, -0.15) is 0 Å². The normalized spacial score (nSPS) is 14.0. The molecule has 0 atom stereocenters. The summed E-state index contributed by atoms with van der Waals surface area (Å²) in [5.41, 5.74) is 5.73. The summed E-state index contributed by atoms with van der Waals surface area (Å²) in [5, 5.41) is 4.21. The Morgan fingerprint density at radius 3 is 2.46 bits per heavy atom. The third-order valence-corrected chi connectivity index (χ3v) is 4.13. The van der Waals surface area contributed by atoms with E-state index in [9.17, 15) is 9.59 Å². The number of benzene rings is 2. The number of carbonyl (C=O) groups is 2. The summed E-state index contributed by atoms with van der Waals surface area (Å²) in [5.74, 6) is -0.402. The van der Waals surface area contributed by atoms with Gasteiger partial charge in [0.1, 0.15) is 5.70 Å². The lowest BCUT2D eigenvalue weighted by Gasteiger charge is -2.28. The molecule has 24 heavy (non-hydrogen) atoms. The zero-order chi connectivity index (χ0) is 17.1. The highest BCUT2D eigenvalue weighted by molar-refractivity contribution is 9.10. The second-order valence-corrected chi connectivity index (χ2v) is 6.38. The Balaban J connectivity index is 1.74. The molecule has 122 valence electrons. The van der Waals surface area contributed by atoms with E-state index >= 15 is 0 Å². The molecule has 0 spiro atoms. The molecule has 1 aliphatic heterocycles. The Hall–Kier alpha value is -2.60. The van der Waals surface area contributed by atoms with Crippen molar-refractivity contribution in [1.82, 2.24) is 5.43 Å². The van der Waals surface area contributed by atoms with Gasteiger partial charge in [-0.15, -0.1) is 0 Å². The van der Waals surface area contributed by atoms with Gasteiger partial charge in [-0.1, -0.05) is 33.6 Å². The van der Waals surface area contributed by atoms with E-state index in [1.165, 1.54) is 5.01 Å². The number of nitrogens with one attached hydrogen (secondary N) is 2. The zero-order valence-corrected chi connectivity index (χ0v) is 14.6. The van der Waals surface area contributed by atoms with Crippen LogP contribution in [0, 0.1) is 6.92 Å². The van der Waals surface area contributed by atoms with Crippen molar-refractivity contribution < 1.29 is 9.59 Å². The van der Waals surface area contributed by atoms with Crippen LogP contribution in [0.5, 0.6) is 0 Å². The van der Waals surface area contributed by atoms with Crippen LogP contribution in [0.1, 0.15) is 12.0 Å². The van der Waals surface area contributed by atoms with Crippen LogP contribution in [0.3, 0.4) is 0 Å². The molecule has 3 rings (SSSR count). The van der Waals surface area contributed by atoms with Crippen molar-refractivity contribution in [3.05, 3.63) is 70.3 Å². The van der Waals surface area contributed by atoms with E-state index in [0.29, 0.717) is 17.1 Å². The number of hydrazine groups is 1. The lowest BCUT2D eigenvalue weighted by Crippen LogP contribution is -2.47. The molecule has 0 aromatic heterocycles. The third kappa shape index (κ3) is 3.65. The van der Waals surface area contributed by atoms with Crippen molar-refractivity contribution in [2.45, 2.75) is 13.3 Å². The summed E-state index contributed by atoms with van der Waals surface area (Å²) in [6.45, 7) is 1.98. The molecule has 2 aromatic carbocycles.